The molecule has 0 bridgehead atoms. The van der Waals surface area contributed by atoms with Crippen molar-refractivity contribution < 1.29 is 38.1 Å². The largest absolute Gasteiger partial charge is 0.493 e. The highest BCUT2D eigenvalue weighted by molar-refractivity contribution is 5.95. The Bertz CT molecular complexity index is 1010. The van der Waals surface area contributed by atoms with Crippen molar-refractivity contribution in [2.24, 2.45) is 5.92 Å². The fourth-order valence-corrected chi connectivity index (χ4v) is 4.72. The number of likely N-dealkylation sites (tertiary alicyclic amines) is 1. The van der Waals surface area contributed by atoms with Crippen LogP contribution in [0.2, 0.25) is 0 Å². The molecule has 1 heterocycles. The van der Waals surface area contributed by atoms with Gasteiger partial charge in [-0.05, 0) is 73.1 Å². The van der Waals surface area contributed by atoms with Crippen LogP contribution >= 0.6 is 0 Å². The molecule has 41 heavy (non-hydrogen) atoms. The van der Waals surface area contributed by atoms with Crippen LogP contribution in [0.4, 0.5) is 9.59 Å². The van der Waals surface area contributed by atoms with Crippen LogP contribution in [0.25, 0.3) is 0 Å². The first kappa shape index (κ1) is 34.0. The average molecular weight is 580 g/mol. The number of alkyl carbamates (subject to hydrolysis) is 1. The fraction of sp³-hybridized carbons (Fsp3) is 0.700. The minimum Gasteiger partial charge on any atom is -0.493 e. The topological polar surface area (TPSA) is 116 Å². The highest BCUT2D eigenvalue weighted by Gasteiger charge is 2.38. The summed E-state index contributed by atoms with van der Waals surface area (Å²) in [6.45, 7) is 14.7. The second-order valence-electron chi connectivity index (χ2n) is 11.9. The number of piperidine rings is 1. The summed E-state index contributed by atoms with van der Waals surface area (Å²) in [4.78, 5) is 42.7. The molecule has 0 radical (unpaired) electrons. The monoisotopic (exact) mass is 579 g/mol. The summed E-state index contributed by atoms with van der Waals surface area (Å²) in [7, 11) is 3.18. The second-order valence-corrected chi connectivity index (χ2v) is 11.9. The molecule has 1 aliphatic rings. The number of amides is 3. The molecule has 11 nitrogen and oxygen atoms in total. The number of rotatable bonds is 12. The van der Waals surface area contributed by atoms with E-state index in [0.29, 0.717) is 56.2 Å². The predicted molar refractivity (Wildman–Crippen MR) is 156 cm³/mol. The summed E-state index contributed by atoms with van der Waals surface area (Å²) in [6, 6.07) is 4.55. The first-order valence-electron chi connectivity index (χ1n) is 14.3. The molecule has 1 fully saturated rings. The Morgan fingerprint density at radius 2 is 1.76 bits per heavy atom. The van der Waals surface area contributed by atoms with Crippen molar-refractivity contribution in [3.63, 3.8) is 0 Å². The van der Waals surface area contributed by atoms with Crippen LogP contribution in [0.3, 0.4) is 0 Å². The molecule has 232 valence electrons. The van der Waals surface area contributed by atoms with Gasteiger partial charge in [-0.15, -0.1) is 0 Å². The van der Waals surface area contributed by atoms with Crippen LogP contribution in [0.1, 0.15) is 71.7 Å². The van der Waals surface area contributed by atoms with E-state index in [0.717, 1.165) is 0 Å². The third-order valence-corrected chi connectivity index (χ3v) is 6.37. The summed E-state index contributed by atoms with van der Waals surface area (Å²) in [6.07, 6.45) is 0.261. The lowest BCUT2D eigenvalue weighted by atomic mass is 9.92. The lowest BCUT2D eigenvalue weighted by molar-refractivity contribution is -0.00802. The highest BCUT2D eigenvalue weighted by Crippen LogP contribution is 2.31. The number of benzene rings is 1. The minimum absolute atomic E-state index is 0.0627. The Kier molecular flexibility index (Phi) is 13.0. The molecule has 11 heteroatoms. The third kappa shape index (κ3) is 10.9. The molecular weight excluding hydrogens is 530 g/mol. The van der Waals surface area contributed by atoms with Gasteiger partial charge in [0.2, 0.25) is 0 Å². The number of hydrogen-bond donors (Lipinski definition) is 1. The lowest BCUT2D eigenvalue weighted by Gasteiger charge is -2.44. The molecule has 0 spiro atoms. The van der Waals surface area contributed by atoms with Gasteiger partial charge in [0.25, 0.3) is 5.91 Å². The molecular formula is C30H49N3O8. The molecule has 1 N–H and O–H groups in total. The molecule has 1 aliphatic heterocycles. The van der Waals surface area contributed by atoms with Crippen molar-refractivity contribution in [3.05, 3.63) is 23.8 Å². The standard InChI is InChI=1S/C30H49N3O8/c1-20(2)31-28(35)40-19-22-15-24(18-32(17-22)29(36)41-30(5,6)7)33(21(3)4)27(34)23-11-12-25(38-9)26(16-23)39-14-10-13-37-8/h11-12,16,20-22,24H,10,13-15,17-19H2,1-9H3,(H,31,35)/t22?,24-/m1/s1. The van der Waals surface area contributed by atoms with E-state index >= 15 is 0 Å². The van der Waals surface area contributed by atoms with Crippen molar-refractivity contribution in [1.82, 2.24) is 15.1 Å². The van der Waals surface area contributed by atoms with Gasteiger partial charge in [-0.3, -0.25) is 4.79 Å². The molecule has 1 unspecified atom stereocenters. The zero-order valence-electron chi connectivity index (χ0n) is 26.2. The molecule has 2 rings (SSSR count). The number of ether oxygens (including phenoxy) is 5. The van der Waals surface area contributed by atoms with Gasteiger partial charge in [0.15, 0.2) is 11.5 Å². The molecule has 2 atom stereocenters. The number of nitrogens with zero attached hydrogens (tertiary/aromatic N) is 2. The number of carbonyl (C=O) groups is 3. The van der Waals surface area contributed by atoms with Gasteiger partial charge in [-0.1, -0.05) is 0 Å². The van der Waals surface area contributed by atoms with Gasteiger partial charge >= 0.3 is 12.2 Å². The molecule has 1 aromatic rings. The van der Waals surface area contributed by atoms with E-state index in [1.165, 1.54) is 0 Å². The fourth-order valence-electron chi connectivity index (χ4n) is 4.72. The van der Waals surface area contributed by atoms with E-state index in [4.69, 9.17) is 23.7 Å². The summed E-state index contributed by atoms with van der Waals surface area (Å²) in [5.74, 6) is 0.613. The van der Waals surface area contributed by atoms with E-state index in [1.54, 1.807) is 42.2 Å². The maximum absolute atomic E-state index is 14.0. The van der Waals surface area contributed by atoms with E-state index < -0.39 is 17.8 Å². The van der Waals surface area contributed by atoms with Gasteiger partial charge in [0.1, 0.15) is 5.60 Å². The van der Waals surface area contributed by atoms with Crippen molar-refractivity contribution in [2.45, 2.75) is 85.0 Å². The van der Waals surface area contributed by atoms with Gasteiger partial charge in [-0.2, -0.15) is 0 Å². The van der Waals surface area contributed by atoms with E-state index in [1.807, 2.05) is 48.5 Å². The van der Waals surface area contributed by atoms with Crippen molar-refractivity contribution in [2.75, 3.05) is 47.1 Å². The molecule has 0 aliphatic carbocycles. The smallest absolute Gasteiger partial charge is 0.410 e. The van der Waals surface area contributed by atoms with Gasteiger partial charge in [0.05, 0.1) is 26.4 Å². The maximum Gasteiger partial charge on any atom is 0.410 e. The van der Waals surface area contributed by atoms with Crippen LogP contribution in [0, 0.1) is 5.92 Å². The van der Waals surface area contributed by atoms with Gasteiger partial charge in [-0.25, -0.2) is 9.59 Å². The molecule has 1 aromatic carbocycles. The molecule has 1 saturated heterocycles. The molecule has 0 aromatic heterocycles. The van der Waals surface area contributed by atoms with Crippen LogP contribution in [0.5, 0.6) is 11.5 Å². The van der Waals surface area contributed by atoms with Crippen molar-refractivity contribution in [1.29, 1.82) is 0 Å². The Morgan fingerprint density at radius 3 is 2.34 bits per heavy atom. The van der Waals surface area contributed by atoms with Crippen LogP contribution in [0.15, 0.2) is 18.2 Å². The summed E-state index contributed by atoms with van der Waals surface area (Å²) in [5.41, 5.74) is -0.233. The van der Waals surface area contributed by atoms with E-state index in [-0.39, 0.29) is 36.6 Å². The molecule has 0 saturated carbocycles. The minimum atomic E-state index is -0.677. The third-order valence-electron chi connectivity index (χ3n) is 6.37. The number of methoxy groups -OCH3 is 2. The Morgan fingerprint density at radius 1 is 1.05 bits per heavy atom. The lowest BCUT2D eigenvalue weighted by Crippen LogP contribution is -2.57. The zero-order chi connectivity index (χ0) is 30.7. The van der Waals surface area contributed by atoms with Crippen LogP contribution in [-0.4, -0.2) is 98.7 Å². The summed E-state index contributed by atoms with van der Waals surface area (Å²) < 4.78 is 27.6. The normalized spacial score (nSPS) is 17.3. The van der Waals surface area contributed by atoms with Crippen molar-refractivity contribution >= 4 is 18.1 Å². The quantitative estimate of drug-likeness (QED) is 0.354. The highest BCUT2D eigenvalue weighted by atomic mass is 16.6. The molecule has 3 amide bonds. The van der Waals surface area contributed by atoms with Crippen LogP contribution in [-0.2, 0) is 14.2 Å². The second kappa shape index (κ2) is 15.7. The summed E-state index contributed by atoms with van der Waals surface area (Å²) >= 11 is 0. The van der Waals surface area contributed by atoms with E-state index in [9.17, 15) is 14.4 Å². The first-order chi connectivity index (χ1) is 19.2. The maximum atomic E-state index is 14.0. The van der Waals surface area contributed by atoms with Crippen LogP contribution < -0.4 is 14.8 Å². The Balaban J connectivity index is 2.32. The Hall–Kier alpha value is -3.21. The van der Waals surface area contributed by atoms with E-state index in [2.05, 4.69) is 5.32 Å². The average Bonchev–Trinajstić information content (AvgIpc) is 2.88. The number of carbonyl (C=O) groups excluding carboxylic acids is 3. The number of hydrogen-bond acceptors (Lipinski definition) is 8. The summed E-state index contributed by atoms with van der Waals surface area (Å²) in [5, 5.41) is 2.72. The SMILES string of the molecule is COCCCOc1cc(C(=O)N(C(C)C)[C@@H]2CC(COC(=O)NC(C)C)CN(C(=O)OC(C)(C)C)C2)ccc1OC. The van der Waals surface area contributed by atoms with Gasteiger partial charge in [0, 0.05) is 56.8 Å². The van der Waals surface area contributed by atoms with Gasteiger partial charge < -0.3 is 38.8 Å². The zero-order valence-corrected chi connectivity index (χ0v) is 26.2. The number of nitrogens with one attached hydrogen (secondary N) is 1. The first-order valence-corrected chi connectivity index (χ1v) is 14.3. The predicted octanol–water partition coefficient (Wildman–Crippen LogP) is 4.72. The van der Waals surface area contributed by atoms with Crippen molar-refractivity contribution in [3.8, 4) is 11.5 Å². The Labute approximate surface area is 244 Å².